The van der Waals surface area contributed by atoms with Crippen LogP contribution < -0.4 is 4.90 Å². The summed E-state index contributed by atoms with van der Waals surface area (Å²) in [6, 6.07) is 10.5. The molecule has 2 saturated heterocycles. The maximum Gasteiger partial charge on any atom is 0.233 e. The predicted molar refractivity (Wildman–Crippen MR) is 97.5 cm³/mol. The molecule has 3 heterocycles. The second kappa shape index (κ2) is 6.10. The fourth-order valence-electron chi connectivity index (χ4n) is 5.02. The summed E-state index contributed by atoms with van der Waals surface area (Å²) in [5.74, 6) is 0.288. The molecule has 3 atom stereocenters. The number of carbonyl (C=O) groups is 1. The highest BCUT2D eigenvalue weighted by Gasteiger charge is 2.47. The molecule has 3 fully saturated rings. The zero-order chi connectivity index (χ0) is 16.8. The van der Waals surface area contributed by atoms with Crippen molar-refractivity contribution in [1.29, 1.82) is 0 Å². The molecule has 0 radical (unpaired) electrons. The Bertz CT molecular complexity index is 794. The van der Waals surface area contributed by atoms with Crippen LogP contribution in [0.1, 0.15) is 44.9 Å². The van der Waals surface area contributed by atoms with Crippen molar-refractivity contribution in [2.75, 3.05) is 4.90 Å². The number of nitrogens with zero attached hydrogens (tertiary/aromatic N) is 2. The lowest BCUT2D eigenvalue weighted by molar-refractivity contribution is -0.124. The van der Waals surface area contributed by atoms with Gasteiger partial charge in [-0.05, 0) is 44.2 Å². The Morgan fingerprint density at radius 1 is 1.08 bits per heavy atom. The topological polar surface area (TPSA) is 42.4 Å². The maximum atomic E-state index is 13.6. The van der Waals surface area contributed by atoms with Gasteiger partial charge >= 0.3 is 0 Å². The number of aromatic nitrogens is 1. The number of amides is 1. The molecule has 2 aromatic rings. The van der Waals surface area contributed by atoms with Gasteiger partial charge in [0.05, 0.1) is 29.3 Å². The molecular formula is C21H24N2O2. The molecule has 0 spiro atoms. The number of rotatable bonds is 3. The molecule has 5 rings (SSSR count). The molecule has 130 valence electrons. The minimum atomic E-state index is 0.0262. The molecular weight excluding hydrogens is 312 g/mol. The fourth-order valence-corrected chi connectivity index (χ4v) is 5.02. The Labute approximate surface area is 148 Å². The van der Waals surface area contributed by atoms with Crippen molar-refractivity contribution < 1.29 is 9.53 Å². The monoisotopic (exact) mass is 336 g/mol. The van der Waals surface area contributed by atoms with Crippen molar-refractivity contribution >= 4 is 22.5 Å². The summed E-state index contributed by atoms with van der Waals surface area (Å²) in [7, 11) is 0. The molecule has 1 amide bonds. The van der Waals surface area contributed by atoms with Crippen molar-refractivity contribution in [3.63, 3.8) is 0 Å². The van der Waals surface area contributed by atoms with E-state index in [4.69, 9.17) is 4.74 Å². The van der Waals surface area contributed by atoms with Crippen molar-refractivity contribution in [2.45, 2.75) is 63.2 Å². The van der Waals surface area contributed by atoms with E-state index in [1.807, 2.05) is 18.3 Å². The first-order valence-corrected chi connectivity index (χ1v) is 9.63. The van der Waals surface area contributed by atoms with Crippen LogP contribution in [0.5, 0.6) is 0 Å². The van der Waals surface area contributed by atoms with Crippen molar-refractivity contribution in [1.82, 2.24) is 4.98 Å². The molecule has 0 N–H and O–H groups in total. The SMILES string of the molecule is O=C(C1CC2CCC1O2)N(c1cccc2cccnc12)C1CCCC1. The van der Waals surface area contributed by atoms with Crippen LogP contribution >= 0.6 is 0 Å². The lowest BCUT2D eigenvalue weighted by Gasteiger charge is -2.33. The van der Waals surface area contributed by atoms with E-state index >= 15 is 0 Å². The summed E-state index contributed by atoms with van der Waals surface area (Å²) >= 11 is 0. The zero-order valence-electron chi connectivity index (χ0n) is 14.4. The first-order valence-electron chi connectivity index (χ1n) is 9.63. The van der Waals surface area contributed by atoms with Crippen LogP contribution in [0.15, 0.2) is 36.5 Å². The third kappa shape index (κ3) is 2.54. The third-order valence-electron chi connectivity index (χ3n) is 6.22. The van der Waals surface area contributed by atoms with Gasteiger partial charge in [0.2, 0.25) is 5.91 Å². The Hall–Kier alpha value is -1.94. The molecule has 3 aliphatic rings. The summed E-state index contributed by atoms with van der Waals surface area (Å²) in [4.78, 5) is 20.3. The van der Waals surface area contributed by atoms with Gasteiger partial charge < -0.3 is 9.64 Å². The van der Waals surface area contributed by atoms with Crippen LogP contribution in [0, 0.1) is 5.92 Å². The van der Waals surface area contributed by atoms with Crippen molar-refractivity contribution in [3.8, 4) is 0 Å². The summed E-state index contributed by atoms with van der Waals surface area (Å²) < 4.78 is 5.98. The van der Waals surface area contributed by atoms with E-state index in [-0.39, 0.29) is 17.9 Å². The molecule has 4 heteroatoms. The predicted octanol–water partition coefficient (Wildman–Crippen LogP) is 4.08. The van der Waals surface area contributed by atoms with E-state index in [0.29, 0.717) is 12.1 Å². The molecule has 3 unspecified atom stereocenters. The van der Waals surface area contributed by atoms with E-state index in [2.05, 4.69) is 28.1 Å². The summed E-state index contributed by atoms with van der Waals surface area (Å²) in [6.07, 6.45) is 9.90. The van der Waals surface area contributed by atoms with E-state index in [0.717, 1.165) is 48.7 Å². The number of ether oxygens (including phenoxy) is 1. The average molecular weight is 336 g/mol. The lowest BCUT2D eigenvalue weighted by atomic mass is 9.87. The largest absolute Gasteiger partial charge is 0.374 e. The van der Waals surface area contributed by atoms with Gasteiger partial charge in [-0.3, -0.25) is 9.78 Å². The normalized spacial score (nSPS) is 28.7. The lowest BCUT2D eigenvalue weighted by Crippen LogP contribution is -2.45. The van der Waals surface area contributed by atoms with E-state index in [1.165, 1.54) is 12.8 Å². The fraction of sp³-hybridized carbons (Fsp3) is 0.524. The second-order valence-electron chi connectivity index (χ2n) is 7.71. The number of anilines is 1. The standard InChI is InChI=1S/C21H24N2O2/c24-21(17-13-16-10-11-19(17)25-16)23(15-7-1-2-8-15)18-9-3-5-14-6-4-12-22-20(14)18/h3-6,9,12,15-17,19H,1-2,7-8,10-11,13H2. The highest BCUT2D eigenvalue weighted by atomic mass is 16.5. The summed E-state index contributed by atoms with van der Waals surface area (Å²) in [6.45, 7) is 0. The van der Waals surface area contributed by atoms with Crippen LogP contribution in [0.2, 0.25) is 0 Å². The second-order valence-corrected chi connectivity index (χ2v) is 7.71. The number of fused-ring (bicyclic) bond motifs is 3. The first kappa shape index (κ1) is 15.3. The third-order valence-corrected chi connectivity index (χ3v) is 6.22. The van der Waals surface area contributed by atoms with Crippen molar-refractivity contribution in [3.05, 3.63) is 36.5 Å². The molecule has 4 nitrogen and oxygen atoms in total. The number of pyridine rings is 1. The Balaban J connectivity index is 1.57. The van der Waals surface area contributed by atoms with Gasteiger partial charge in [-0.25, -0.2) is 0 Å². The number of hydrogen-bond donors (Lipinski definition) is 0. The minimum absolute atomic E-state index is 0.0262. The van der Waals surface area contributed by atoms with Gasteiger partial charge in [0.15, 0.2) is 0 Å². The van der Waals surface area contributed by atoms with E-state index in [9.17, 15) is 4.79 Å². The van der Waals surface area contributed by atoms with Gasteiger partial charge in [-0.2, -0.15) is 0 Å². The van der Waals surface area contributed by atoms with Crippen LogP contribution in [-0.4, -0.2) is 29.1 Å². The van der Waals surface area contributed by atoms with Gasteiger partial charge in [-0.15, -0.1) is 0 Å². The van der Waals surface area contributed by atoms with Crippen LogP contribution in [0.25, 0.3) is 10.9 Å². The smallest absolute Gasteiger partial charge is 0.233 e. The van der Waals surface area contributed by atoms with Gasteiger partial charge in [0.1, 0.15) is 0 Å². The first-order chi connectivity index (χ1) is 12.3. The summed E-state index contributed by atoms with van der Waals surface area (Å²) in [5, 5.41) is 1.10. The Morgan fingerprint density at radius 2 is 1.92 bits per heavy atom. The minimum Gasteiger partial charge on any atom is -0.374 e. The van der Waals surface area contributed by atoms with Gasteiger partial charge in [0, 0.05) is 17.6 Å². The molecule has 1 aromatic heterocycles. The molecule has 1 aliphatic carbocycles. The Morgan fingerprint density at radius 3 is 2.68 bits per heavy atom. The van der Waals surface area contributed by atoms with Crippen molar-refractivity contribution in [2.24, 2.45) is 5.92 Å². The molecule has 1 saturated carbocycles. The Kier molecular flexibility index (Phi) is 3.74. The summed E-state index contributed by atoms with van der Waals surface area (Å²) in [5.41, 5.74) is 1.92. The number of para-hydroxylation sites is 1. The van der Waals surface area contributed by atoms with Crippen LogP contribution in [0.3, 0.4) is 0 Å². The zero-order valence-corrected chi connectivity index (χ0v) is 14.4. The van der Waals surface area contributed by atoms with E-state index in [1.54, 1.807) is 0 Å². The number of benzene rings is 1. The van der Waals surface area contributed by atoms with Gasteiger partial charge in [0.25, 0.3) is 0 Å². The number of carbonyl (C=O) groups excluding carboxylic acids is 1. The van der Waals surface area contributed by atoms with Crippen LogP contribution in [-0.2, 0) is 9.53 Å². The average Bonchev–Trinajstić information content (AvgIpc) is 3.40. The van der Waals surface area contributed by atoms with E-state index < -0.39 is 0 Å². The molecule has 2 bridgehead atoms. The molecule has 25 heavy (non-hydrogen) atoms. The van der Waals surface area contributed by atoms with Crippen LogP contribution in [0.4, 0.5) is 5.69 Å². The quantitative estimate of drug-likeness (QED) is 0.848. The highest BCUT2D eigenvalue weighted by Crippen LogP contribution is 2.42. The molecule has 2 aliphatic heterocycles. The highest BCUT2D eigenvalue weighted by molar-refractivity contribution is 6.03. The maximum absolute atomic E-state index is 13.6. The molecule has 1 aromatic carbocycles. The van der Waals surface area contributed by atoms with Gasteiger partial charge in [-0.1, -0.05) is 31.0 Å². The number of hydrogen-bond acceptors (Lipinski definition) is 3.